The number of rotatable bonds is 5. The highest BCUT2D eigenvalue weighted by atomic mass is 35.5. The second-order valence-electron chi connectivity index (χ2n) is 3.99. The van der Waals surface area contributed by atoms with Crippen molar-refractivity contribution in [2.75, 3.05) is 6.54 Å². The number of nitrogens with zero attached hydrogens (tertiary/aromatic N) is 1. The van der Waals surface area contributed by atoms with Crippen LogP contribution < -0.4 is 5.32 Å². The van der Waals surface area contributed by atoms with Crippen molar-refractivity contribution in [1.82, 2.24) is 15.3 Å². The molecule has 18 heavy (non-hydrogen) atoms. The van der Waals surface area contributed by atoms with Crippen molar-refractivity contribution in [3.63, 3.8) is 0 Å². The standard InChI is InChI=1S/C13H15Cl2N3/c1-2-16-11(8-12-17-6-7-18-12)9-4-3-5-10(14)13(9)15/h3-7,11,16H,2,8H2,1H3,(H,17,18). The molecule has 96 valence electrons. The molecule has 1 unspecified atom stereocenters. The van der Waals surface area contributed by atoms with Crippen LogP contribution in [0.4, 0.5) is 0 Å². The lowest BCUT2D eigenvalue weighted by atomic mass is 10.0. The minimum atomic E-state index is 0.104. The monoisotopic (exact) mass is 283 g/mol. The quantitative estimate of drug-likeness (QED) is 0.880. The Balaban J connectivity index is 2.26. The van der Waals surface area contributed by atoms with E-state index in [1.165, 1.54) is 0 Å². The largest absolute Gasteiger partial charge is 0.349 e. The van der Waals surface area contributed by atoms with Crippen LogP contribution in [0.2, 0.25) is 10.0 Å². The molecule has 0 aliphatic heterocycles. The number of H-pyrrole nitrogens is 1. The molecule has 0 aliphatic carbocycles. The number of benzene rings is 1. The lowest BCUT2D eigenvalue weighted by Gasteiger charge is -2.19. The zero-order chi connectivity index (χ0) is 13.0. The van der Waals surface area contributed by atoms with Crippen LogP contribution in [-0.4, -0.2) is 16.5 Å². The van der Waals surface area contributed by atoms with Gasteiger partial charge in [-0.3, -0.25) is 0 Å². The fraction of sp³-hybridized carbons (Fsp3) is 0.308. The van der Waals surface area contributed by atoms with Gasteiger partial charge in [-0.15, -0.1) is 0 Å². The first kappa shape index (κ1) is 13.4. The van der Waals surface area contributed by atoms with Crippen molar-refractivity contribution < 1.29 is 0 Å². The van der Waals surface area contributed by atoms with Gasteiger partial charge in [0.2, 0.25) is 0 Å². The fourth-order valence-electron chi connectivity index (χ4n) is 1.93. The Labute approximate surface area is 117 Å². The van der Waals surface area contributed by atoms with E-state index in [0.717, 1.165) is 24.4 Å². The smallest absolute Gasteiger partial charge is 0.107 e. The molecule has 0 spiro atoms. The van der Waals surface area contributed by atoms with Gasteiger partial charge in [0.05, 0.1) is 10.0 Å². The molecule has 3 nitrogen and oxygen atoms in total. The van der Waals surface area contributed by atoms with Crippen LogP contribution in [0.3, 0.4) is 0 Å². The van der Waals surface area contributed by atoms with E-state index >= 15 is 0 Å². The second-order valence-corrected chi connectivity index (χ2v) is 4.78. The molecular weight excluding hydrogens is 269 g/mol. The SMILES string of the molecule is CCNC(Cc1ncc[nH]1)c1cccc(Cl)c1Cl. The van der Waals surface area contributed by atoms with Crippen LogP contribution >= 0.6 is 23.2 Å². The predicted octanol–water partition coefficient (Wildman–Crippen LogP) is 3.61. The number of imidazole rings is 1. The maximum absolute atomic E-state index is 6.26. The van der Waals surface area contributed by atoms with Crippen molar-refractivity contribution in [2.45, 2.75) is 19.4 Å². The molecule has 1 heterocycles. The van der Waals surface area contributed by atoms with Gasteiger partial charge in [-0.1, -0.05) is 42.3 Å². The molecule has 1 aromatic heterocycles. The Kier molecular flexibility index (Phi) is 4.64. The number of likely N-dealkylation sites (N-methyl/N-ethyl adjacent to an activating group) is 1. The number of aromatic nitrogens is 2. The lowest BCUT2D eigenvalue weighted by molar-refractivity contribution is 0.539. The van der Waals surface area contributed by atoms with Crippen LogP contribution in [-0.2, 0) is 6.42 Å². The Bertz CT molecular complexity index is 497. The van der Waals surface area contributed by atoms with E-state index in [0.29, 0.717) is 10.0 Å². The topological polar surface area (TPSA) is 40.7 Å². The summed E-state index contributed by atoms with van der Waals surface area (Å²) in [6, 6.07) is 5.80. The summed E-state index contributed by atoms with van der Waals surface area (Å²) in [6.07, 6.45) is 4.32. The van der Waals surface area contributed by atoms with Crippen molar-refractivity contribution >= 4 is 23.2 Å². The molecule has 1 aromatic carbocycles. The zero-order valence-corrected chi connectivity index (χ0v) is 11.6. The summed E-state index contributed by atoms with van der Waals surface area (Å²) in [7, 11) is 0. The number of nitrogens with one attached hydrogen (secondary N) is 2. The van der Waals surface area contributed by atoms with Crippen LogP contribution in [0, 0.1) is 0 Å². The molecule has 1 atom stereocenters. The molecule has 0 aliphatic rings. The minimum Gasteiger partial charge on any atom is -0.349 e. The Morgan fingerprint density at radius 2 is 2.22 bits per heavy atom. The maximum Gasteiger partial charge on any atom is 0.107 e. The minimum absolute atomic E-state index is 0.104. The van der Waals surface area contributed by atoms with Gasteiger partial charge >= 0.3 is 0 Å². The molecule has 2 rings (SSSR count). The molecule has 2 aromatic rings. The van der Waals surface area contributed by atoms with E-state index in [1.54, 1.807) is 12.3 Å². The van der Waals surface area contributed by atoms with Gasteiger partial charge in [-0.2, -0.15) is 0 Å². The summed E-state index contributed by atoms with van der Waals surface area (Å²) in [5.41, 5.74) is 1.00. The van der Waals surface area contributed by atoms with Crippen molar-refractivity contribution in [3.05, 3.63) is 52.0 Å². The van der Waals surface area contributed by atoms with Crippen molar-refractivity contribution in [3.8, 4) is 0 Å². The summed E-state index contributed by atoms with van der Waals surface area (Å²) >= 11 is 12.3. The average Bonchev–Trinajstić information content (AvgIpc) is 2.85. The molecule has 5 heteroatoms. The molecule has 0 fully saturated rings. The van der Waals surface area contributed by atoms with Gasteiger partial charge in [-0.25, -0.2) is 4.98 Å². The van der Waals surface area contributed by atoms with E-state index in [1.807, 2.05) is 18.3 Å². The number of aromatic amines is 1. The summed E-state index contributed by atoms with van der Waals surface area (Å²) < 4.78 is 0. The molecule has 0 radical (unpaired) electrons. The number of hydrogen-bond donors (Lipinski definition) is 2. The Morgan fingerprint density at radius 1 is 1.39 bits per heavy atom. The molecule has 2 N–H and O–H groups in total. The lowest BCUT2D eigenvalue weighted by Crippen LogP contribution is -2.23. The molecule has 0 bridgehead atoms. The highest BCUT2D eigenvalue weighted by Crippen LogP contribution is 2.31. The van der Waals surface area contributed by atoms with E-state index in [9.17, 15) is 0 Å². The number of halogens is 2. The third-order valence-corrected chi connectivity index (χ3v) is 3.59. The average molecular weight is 284 g/mol. The van der Waals surface area contributed by atoms with Gasteiger partial charge in [-0.05, 0) is 18.2 Å². The van der Waals surface area contributed by atoms with Gasteiger partial charge in [0.25, 0.3) is 0 Å². The van der Waals surface area contributed by atoms with E-state index in [-0.39, 0.29) is 6.04 Å². The van der Waals surface area contributed by atoms with Crippen LogP contribution in [0.15, 0.2) is 30.6 Å². The predicted molar refractivity (Wildman–Crippen MR) is 75.2 cm³/mol. The van der Waals surface area contributed by atoms with Gasteiger partial charge in [0, 0.05) is 24.9 Å². The summed E-state index contributed by atoms with van der Waals surface area (Å²) in [5.74, 6) is 0.928. The maximum atomic E-state index is 6.26. The fourth-order valence-corrected chi connectivity index (χ4v) is 2.37. The number of hydrogen-bond acceptors (Lipinski definition) is 2. The van der Waals surface area contributed by atoms with Crippen molar-refractivity contribution in [1.29, 1.82) is 0 Å². The third kappa shape index (κ3) is 3.05. The third-order valence-electron chi connectivity index (χ3n) is 2.76. The highest BCUT2D eigenvalue weighted by Gasteiger charge is 2.16. The summed E-state index contributed by atoms with van der Waals surface area (Å²) in [6.45, 7) is 2.92. The molecule has 0 saturated heterocycles. The summed E-state index contributed by atoms with van der Waals surface area (Å²) in [5, 5.41) is 4.59. The van der Waals surface area contributed by atoms with Gasteiger partial charge < -0.3 is 10.3 Å². The summed E-state index contributed by atoms with van der Waals surface area (Å²) in [4.78, 5) is 7.35. The first-order valence-electron chi connectivity index (χ1n) is 5.88. The highest BCUT2D eigenvalue weighted by molar-refractivity contribution is 6.42. The van der Waals surface area contributed by atoms with Gasteiger partial charge in [0.15, 0.2) is 0 Å². The van der Waals surface area contributed by atoms with Crippen LogP contribution in [0.1, 0.15) is 24.4 Å². The van der Waals surface area contributed by atoms with Gasteiger partial charge in [0.1, 0.15) is 5.82 Å². The first-order chi connectivity index (χ1) is 8.72. The molecular formula is C13H15Cl2N3. The van der Waals surface area contributed by atoms with Crippen LogP contribution in [0.25, 0.3) is 0 Å². The Morgan fingerprint density at radius 3 is 2.89 bits per heavy atom. The second kappa shape index (κ2) is 6.23. The van der Waals surface area contributed by atoms with E-state index in [4.69, 9.17) is 23.2 Å². The molecule has 0 amide bonds. The normalized spacial score (nSPS) is 12.6. The van der Waals surface area contributed by atoms with Crippen molar-refractivity contribution in [2.24, 2.45) is 0 Å². The zero-order valence-electron chi connectivity index (χ0n) is 10.1. The van der Waals surface area contributed by atoms with E-state index < -0.39 is 0 Å². The van der Waals surface area contributed by atoms with E-state index in [2.05, 4.69) is 22.2 Å². The molecule has 0 saturated carbocycles. The van der Waals surface area contributed by atoms with Crippen LogP contribution in [0.5, 0.6) is 0 Å². The first-order valence-corrected chi connectivity index (χ1v) is 6.63. The Hall–Kier alpha value is -1.03.